The number of methoxy groups -OCH3 is 1. The van der Waals surface area contributed by atoms with E-state index in [0.29, 0.717) is 17.0 Å². The van der Waals surface area contributed by atoms with Crippen molar-refractivity contribution >= 4 is 17.7 Å². The number of ether oxygens (including phenoxy) is 1. The molecular weight excluding hydrogens is 304 g/mol. The van der Waals surface area contributed by atoms with E-state index < -0.39 is 5.91 Å². The Balaban J connectivity index is 2.25. The summed E-state index contributed by atoms with van der Waals surface area (Å²) in [5.41, 5.74) is 3.14. The van der Waals surface area contributed by atoms with Gasteiger partial charge in [-0.1, -0.05) is 23.8 Å². The minimum Gasteiger partial charge on any atom is -0.504 e. The lowest BCUT2D eigenvalue weighted by Crippen LogP contribution is -2.14. The Kier molecular flexibility index (Phi) is 5.23. The number of hydrogen-bond donors (Lipinski definition) is 2. The zero-order valence-electron chi connectivity index (χ0n) is 13.8. The molecule has 1 amide bonds. The second kappa shape index (κ2) is 7.34. The number of amides is 1. The Morgan fingerprint density at radius 3 is 2.58 bits per heavy atom. The van der Waals surface area contributed by atoms with Gasteiger partial charge in [0.1, 0.15) is 11.6 Å². The predicted molar refractivity (Wildman–Crippen MR) is 92.8 cm³/mol. The fourth-order valence-corrected chi connectivity index (χ4v) is 2.26. The topological polar surface area (TPSA) is 82.3 Å². The van der Waals surface area contributed by atoms with E-state index >= 15 is 0 Å². The summed E-state index contributed by atoms with van der Waals surface area (Å²) in [6, 6.07) is 12.2. The van der Waals surface area contributed by atoms with Crippen LogP contribution in [0.5, 0.6) is 11.5 Å². The molecule has 0 bridgehead atoms. The number of anilines is 1. The number of aromatic hydroxyl groups is 1. The number of rotatable bonds is 4. The van der Waals surface area contributed by atoms with Gasteiger partial charge in [-0.3, -0.25) is 4.79 Å². The van der Waals surface area contributed by atoms with Crippen molar-refractivity contribution in [2.45, 2.75) is 13.8 Å². The smallest absolute Gasteiger partial charge is 0.266 e. The van der Waals surface area contributed by atoms with Crippen LogP contribution in [0.2, 0.25) is 0 Å². The van der Waals surface area contributed by atoms with E-state index in [0.717, 1.165) is 11.1 Å². The van der Waals surface area contributed by atoms with Gasteiger partial charge in [-0.15, -0.1) is 0 Å². The number of nitrogens with one attached hydrogen (secondary N) is 1. The van der Waals surface area contributed by atoms with E-state index in [1.165, 1.54) is 19.3 Å². The SMILES string of the molecule is COc1ccc(/C=C(\C#N)C(=O)Nc2ccc(C)cc2C)cc1O. The molecule has 0 aliphatic heterocycles. The second-order valence-electron chi connectivity index (χ2n) is 5.37. The Labute approximate surface area is 140 Å². The molecule has 0 saturated carbocycles. The number of nitrogens with zero attached hydrogens (tertiary/aromatic N) is 1. The fraction of sp³-hybridized carbons (Fsp3) is 0.158. The van der Waals surface area contributed by atoms with Gasteiger partial charge in [0.15, 0.2) is 11.5 Å². The van der Waals surface area contributed by atoms with Crippen molar-refractivity contribution in [2.75, 3.05) is 12.4 Å². The largest absolute Gasteiger partial charge is 0.504 e. The van der Waals surface area contributed by atoms with Crippen molar-refractivity contribution in [1.82, 2.24) is 0 Å². The summed E-state index contributed by atoms with van der Waals surface area (Å²) in [7, 11) is 1.45. The van der Waals surface area contributed by atoms with Gasteiger partial charge in [-0.2, -0.15) is 5.26 Å². The Bertz CT molecular complexity index is 848. The summed E-state index contributed by atoms with van der Waals surface area (Å²) < 4.78 is 4.97. The zero-order chi connectivity index (χ0) is 17.7. The van der Waals surface area contributed by atoms with Crippen LogP contribution < -0.4 is 10.1 Å². The molecule has 0 heterocycles. The zero-order valence-corrected chi connectivity index (χ0v) is 13.8. The van der Waals surface area contributed by atoms with Crippen molar-refractivity contribution in [3.8, 4) is 17.6 Å². The first-order valence-electron chi connectivity index (χ1n) is 7.32. The van der Waals surface area contributed by atoms with Crippen molar-refractivity contribution < 1.29 is 14.6 Å². The van der Waals surface area contributed by atoms with Crippen LogP contribution in [0, 0.1) is 25.2 Å². The van der Waals surface area contributed by atoms with Gasteiger partial charge < -0.3 is 15.2 Å². The highest BCUT2D eigenvalue weighted by Gasteiger charge is 2.11. The molecule has 122 valence electrons. The molecule has 0 spiro atoms. The third kappa shape index (κ3) is 3.93. The van der Waals surface area contributed by atoms with Gasteiger partial charge in [-0.25, -0.2) is 0 Å². The van der Waals surface area contributed by atoms with Crippen LogP contribution in [0.3, 0.4) is 0 Å². The van der Waals surface area contributed by atoms with Crippen LogP contribution in [-0.2, 0) is 4.79 Å². The van der Waals surface area contributed by atoms with Gasteiger partial charge in [0, 0.05) is 5.69 Å². The number of phenols is 1. The van der Waals surface area contributed by atoms with Crippen LogP contribution in [0.4, 0.5) is 5.69 Å². The molecule has 0 radical (unpaired) electrons. The highest BCUT2D eigenvalue weighted by Crippen LogP contribution is 2.27. The van der Waals surface area contributed by atoms with E-state index in [2.05, 4.69) is 5.32 Å². The fourth-order valence-electron chi connectivity index (χ4n) is 2.26. The first-order valence-corrected chi connectivity index (χ1v) is 7.32. The lowest BCUT2D eigenvalue weighted by molar-refractivity contribution is -0.112. The minimum absolute atomic E-state index is 0.0560. The Morgan fingerprint density at radius 2 is 2.00 bits per heavy atom. The van der Waals surface area contributed by atoms with Crippen LogP contribution >= 0.6 is 0 Å². The quantitative estimate of drug-likeness (QED) is 0.666. The summed E-state index contributed by atoms with van der Waals surface area (Å²) in [5, 5.41) is 21.8. The molecule has 2 N–H and O–H groups in total. The maximum atomic E-state index is 12.3. The van der Waals surface area contributed by atoms with Crippen molar-refractivity contribution in [2.24, 2.45) is 0 Å². The lowest BCUT2D eigenvalue weighted by atomic mass is 10.1. The summed E-state index contributed by atoms with van der Waals surface area (Å²) in [5.74, 6) is -0.233. The minimum atomic E-state index is -0.500. The molecule has 0 aliphatic rings. The average molecular weight is 322 g/mol. The normalized spacial score (nSPS) is 10.8. The highest BCUT2D eigenvalue weighted by atomic mass is 16.5. The molecule has 0 aromatic heterocycles. The number of aryl methyl sites for hydroxylation is 2. The monoisotopic (exact) mass is 322 g/mol. The predicted octanol–water partition coefficient (Wildman–Crippen LogP) is 3.56. The van der Waals surface area contributed by atoms with Crippen molar-refractivity contribution in [3.05, 3.63) is 58.7 Å². The van der Waals surface area contributed by atoms with Crippen LogP contribution in [-0.4, -0.2) is 18.1 Å². The molecule has 24 heavy (non-hydrogen) atoms. The van der Waals surface area contributed by atoms with Gasteiger partial charge in [-0.05, 0) is 49.2 Å². The molecule has 0 unspecified atom stereocenters. The van der Waals surface area contributed by atoms with Crippen LogP contribution in [0.25, 0.3) is 6.08 Å². The summed E-state index contributed by atoms with van der Waals surface area (Å²) in [6.07, 6.45) is 1.41. The van der Waals surface area contributed by atoms with E-state index in [4.69, 9.17) is 4.74 Å². The number of phenolic OH excluding ortho intramolecular Hbond substituents is 1. The molecule has 0 atom stereocenters. The molecular formula is C19H18N2O3. The first-order chi connectivity index (χ1) is 11.4. The number of benzene rings is 2. The summed E-state index contributed by atoms with van der Waals surface area (Å²) in [6.45, 7) is 3.86. The number of carbonyl (C=O) groups excluding carboxylic acids is 1. The third-order valence-corrected chi connectivity index (χ3v) is 3.51. The molecule has 0 aliphatic carbocycles. The third-order valence-electron chi connectivity index (χ3n) is 3.51. The number of hydrogen-bond acceptors (Lipinski definition) is 4. The number of carbonyl (C=O) groups is 1. The second-order valence-corrected chi connectivity index (χ2v) is 5.37. The maximum Gasteiger partial charge on any atom is 0.266 e. The molecule has 0 fully saturated rings. The molecule has 2 rings (SSSR count). The van der Waals surface area contributed by atoms with Gasteiger partial charge in [0.2, 0.25) is 0 Å². The molecule has 2 aromatic carbocycles. The number of nitriles is 1. The van der Waals surface area contributed by atoms with E-state index in [1.807, 2.05) is 32.0 Å². The van der Waals surface area contributed by atoms with Gasteiger partial charge in [0.25, 0.3) is 5.91 Å². The Morgan fingerprint density at radius 1 is 1.25 bits per heavy atom. The van der Waals surface area contributed by atoms with Crippen molar-refractivity contribution in [1.29, 1.82) is 5.26 Å². The maximum absolute atomic E-state index is 12.3. The van der Waals surface area contributed by atoms with E-state index in [9.17, 15) is 15.2 Å². The first kappa shape index (κ1) is 17.1. The van der Waals surface area contributed by atoms with Gasteiger partial charge in [0.05, 0.1) is 7.11 Å². The average Bonchev–Trinajstić information content (AvgIpc) is 2.55. The van der Waals surface area contributed by atoms with E-state index in [1.54, 1.807) is 18.2 Å². The van der Waals surface area contributed by atoms with Crippen LogP contribution in [0.15, 0.2) is 42.0 Å². The van der Waals surface area contributed by atoms with Crippen molar-refractivity contribution in [3.63, 3.8) is 0 Å². The summed E-state index contributed by atoms with van der Waals surface area (Å²) >= 11 is 0. The highest BCUT2D eigenvalue weighted by molar-refractivity contribution is 6.10. The molecule has 5 heteroatoms. The molecule has 5 nitrogen and oxygen atoms in total. The molecule has 2 aromatic rings. The van der Waals surface area contributed by atoms with E-state index in [-0.39, 0.29) is 11.3 Å². The molecule has 0 saturated heterocycles. The standard InChI is InChI=1S/C19H18N2O3/c1-12-4-6-16(13(2)8-12)21-19(23)15(11-20)9-14-5-7-18(24-3)17(22)10-14/h4-10,22H,1-3H3,(H,21,23)/b15-9+. The lowest BCUT2D eigenvalue weighted by Gasteiger charge is -2.09. The van der Waals surface area contributed by atoms with Crippen LogP contribution in [0.1, 0.15) is 16.7 Å². The van der Waals surface area contributed by atoms with Gasteiger partial charge >= 0.3 is 0 Å². The summed E-state index contributed by atoms with van der Waals surface area (Å²) in [4.78, 5) is 12.3. The Hall–Kier alpha value is -3.26.